The largest absolute Gasteiger partial charge is 0.325 e. The summed E-state index contributed by atoms with van der Waals surface area (Å²) in [5.41, 5.74) is 0. The summed E-state index contributed by atoms with van der Waals surface area (Å²) < 4.78 is -0.0256. The van der Waals surface area contributed by atoms with Crippen molar-refractivity contribution in [1.29, 1.82) is 5.26 Å². The number of thioether (sulfide) groups is 1. The summed E-state index contributed by atoms with van der Waals surface area (Å²) in [6.45, 7) is 3.42. The molecule has 0 saturated heterocycles. The maximum atomic E-state index is 11.4. The Morgan fingerprint density at radius 2 is 2.36 bits per heavy atom. The third-order valence-electron chi connectivity index (χ3n) is 2.68. The maximum Gasteiger partial charge on any atom is 0.246 e. The van der Waals surface area contributed by atoms with Gasteiger partial charge in [0.05, 0.1) is 6.07 Å². The molecule has 0 heterocycles. The molecular weight excluding hydrogens is 196 g/mol. The molecule has 1 unspecified atom stereocenters. The molecule has 0 aromatic rings. The van der Waals surface area contributed by atoms with Crippen LogP contribution in [0.15, 0.2) is 12.7 Å². The van der Waals surface area contributed by atoms with Crippen LogP contribution in [0.1, 0.15) is 12.8 Å². The van der Waals surface area contributed by atoms with Crippen LogP contribution in [0.5, 0.6) is 0 Å². The summed E-state index contributed by atoms with van der Waals surface area (Å²) in [7, 11) is 1.66. The van der Waals surface area contributed by atoms with Crippen LogP contribution in [0, 0.1) is 11.3 Å². The Bertz CT molecular complexity index is 291. The molecule has 0 aromatic carbocycles. The van der Waals surface area contributed by atoms with E-state index in [4.69, 9.17) is 5.26 Å². The molecule has 3 nitrogen and oxygen atoms in total. The molecule has 0 aromatic heterocycles. The van der Waals surface area contributed by atoms with Crippen molar-refractivity contribution in [3.05, 3.63) is 12.7 Å². The minimum absolute atomic E-state index is 0.0256. The van der Waals surface area contributed by atoms with Gasteiger partial charge in [0, 0.05) is 11.8 Å². The smallest absolute Gasteiger partial charge is 0.246 e. The molecule has 14 heavy (non-hydrogen) atoms. The van der Waals surface area contributed by atoms with Crippen LogP contribution < -0.4 is 0 Å². The van der Waals surface area contributed by atoms with Crippen LogP contribution in [0.4, 0.5) is 0 Å². The van der Waals surface area contributed by atoms with Crippen molar-refractivity contribution >= 4 is 17.7 Å². The standard InChI is InChI=1S/C10H14N2OS/c1-4-9(13)12(2)8(7-11)10(14-3)5-6-10/h4,8H,1,5-6H2,2-3H3. The summed E-state index contributed by atoms with van der Waals surface area (Å²) >= 11 is 1.68. The van der Waals surface area contributed by atoms with Gasteiger partial charge in [0.15, 0.2) is 0 Å². The highest BCUT2D eigenvalue weighted by atomic mass is 32.2. The van der Waals surface area contributed by atoms with Crippen molar-refractivity contribution in [3.8, 4) is 6.07 Å². The van der Waals surface area contributed by atoms with Crippen molar-refractivity contribution in [2.75, 3.05) is 13.3 Å². The second-order valence-electron chi connectivity index (χ2n) is 3.45. The quantitative estimate of drug-likeness (QED) is 0.659. The molecule has 0 bridgehead atoms. The highest BCUT2D eigenvalue weighted by Crippen LogP contribution is 2.51. The Morgan fingerprint density at radius 3 is 2.64 bits per heavy atom. The lowest BCUT2D eigenvalue weighted by atomic mass is 10.1. The molecule has 1 saturated carbocycles. The zero-order valence-electron chi connectivity index (χ0n) is 8.49. The lowest BCUT2D eigenvalue weighted by molar-refractivity contribution is -0.125. The van der Waals surface area contributed by atoms with Crippen LogP contribution in [-0.2, 0) is 4.79 Å². The molecule has 1 atom stereocenters. The van der Waals surface area contributed by atoms with Crippen LogP contribution >= 0.6 is 11.8 Å². The third kappa shape index (κ3) is 1.78. The van der Waals surface area contributed by atoms with Gasteiger partial charge in [0.2, 0.25) is 5.91 Å². The van der Waals surface area contributed by atoms with Crippen LogP contribution in [-0.4, -0.2) is 34.9 Å². The molecule has 0 radical (unpaired) electrons. The van der Waals surface area contributed by atoms with E-state index in [1.165, 1.54) is 11.0 Å². The van der Waals surface area contributed by atoms with E-state index < -0.39 is 0 Å². The molecule has 0 aliphatic heterocycles. The minimum atomic E-state index is -0.331. The van der Waals surface area contributed by atoms with Gasteiger partial charge in [-0.15, -0.1) is 0 Å². The second kappa shape index (κ2) is 4.05. The fourth-order valence-corrected chi connectivity index (χ4v) is 2.49. The van der Waals surface area contributed by atoms with E-state index in [-0.39, 0.29) is 16.7 Å². The Labute approximate surface area is 88.8 Å². The first-order chi connectivity index (χ1) is 6.61. The predicted octanol–water partition coefficient (Wildman–Crippen LogP) is 1.42. The van der Waals surface area contributed by atoms with Gasteiger partial charge in [-0.2, -0.15) is 17.0 Å². The first-order valence-corrected chi connectivity index (χ1v) is 5.68. The molecule has 1 aliphatic rings. The monoisotopic (exact) mass is 210 g/mol. The van der Waals surface area contributed by atoms with Crippen molar-refractivity contribution in [1.82, 2.24) is 4.90 Å². The van der Waals surface area contributed by atoms with Crippen LogP contribution in [0.2, 0.25) is 0 Å². The van der Waals surface area contributed by atoms with Gasteiger partial charge in [0.25, 0.3) is 0 Å². The summed E-state index contributed by atoms with van der Waals surface area (Å²) in [4.78, 5) is 12.8. The first kappa shape index (κ1) is 11.1. The average molecular weight is 210 g/mol. The molecule has 76 valence electrons. The third-order valence-corrected chi connectivity index (χ3v) is 4.12. The minimum Gasteiger partial charge on any atom is -0.325 e. The topological polar surface area (TPSA) is 44.1 Å². The maximum absolute atomic E-state index is 11.4. The van der Waals surface area contributed by atoms with Gasteiger partial charge >= 0.3 is 0 Å². The van der Waals surface area contributed by atoms with E-state index in [0.717, 1.165) is 12.8 Å². The van der Waals surface area contributed by atoms with Gasteiger partial charge in [-0.25, -0.2) is 0 Å². The number of carbonyl (C=O) groups is 1. The van der Waals surface area contributed by atoms with E-state index in [0.29, 0.717) is 0 Å². The number of rotatable bonds is 4. The number of hydrogen-bond donors (Lipinski definition) is 0. The number of carbonyl (C=O) groups excluding carboxylic acids is 1. The second-order valence-corrected chi connectivity index (χ2v) is 4.68. The van der Waals surface area contributed by atoms with E-state index in [2.05, 4.69) is 12.6 Å². The summed E-state index contributed by atoms with van der Waals surface area (Å²) in [5, 5.41) is 9.06. The Hall–Kier alpha value is -0.950. The number of nitriles is 1. The van der Waals surface area contributed by atoms with Crippen LogP contribution in [0.3, 0.4) is 0 Å². The van der Waals surface area contributed by atoms with Crippen molar-refractivity contribution in [3.63, 3.8) is 0 Å². The van der Waals surface area contributed by atoms with Crippen molar-refractivity contribution in [2.24, 2.45) is 0 Å². The normalized spacial score (nSPS) is 19.2. The molecule has 1 rings (SSSR count). The summed E-state index contributed by atoms with van der Waals surface area (Å²) in [6, 6.07) is 1.88. The van der Waals surface area contributed by atoms with E-state index in [1.54, 1.807) is 18.8 Å². The van der Waals surface area contributed by atoms with Gasteiger partial charge in [-0.3, -0.25) is 4.79 Å². The Balaban J connectivity index is 2.78. The number of nitrogens with zero attached hydrogens (tertiary/aromatic N) is 2. The predicted molar refractivity (Wildman–Crippen MR) is 57.8 cm³/mol. The molecule has 4 heteroatoms. The van der Waals surface area contributed by atoms with Crippen LogP contribution in [0.25, 0.3) is 0 Å². The first-order valence-electron chi connectivity index (χ1n) is 4.45. The summed E-state index contributed by atoms with van der Waals surface area (Å²) in [6.07, 6.45) is 5.27. The molecule has 0 spiro atoms. The zero-order valence-corrected chi connectivity index (χ0v) is 9.30. The van der Waals surface area contributed by atoms with E-state index in [1.807, 2.05) is 6.26 Å². The fraction of sp³-hybridized carbons (Fsp3) is 0.600. The molecule has 0 N–H and O–H groups in total. The lowest BCUT2D eigenvalue weighted by Crippen LogP contribution is -2.43. The number of amides is 1. The van der Waals surface area contributed by atoms with Crippen molar-refractivity contribution < 1.29 is 4.79 Å². The Morgan fingerprint density at radius 1 is 1.79 bits per heavy atom. The van der Waals surface area contributed by atoms with Gasteiger partial charge in [-0.05, 0) is 25.2 Å². The van der Waals surface area contributed by atoms with Gasteiger partial charge < -0.3 is 4.90 Å². The van der Waals surface area contributed by atoms with E-state index >= 15 is 0 Å². The molecule has 1 fully saturated rings. The van der Waals surface area contributed by atoms with Gasteiger partial charge in [-0.1, -0.05) is 6.58 Å². The van der Waals surface area contributed by atoms with Crippen molar-refractivity contribution in [2.45, 2.75) is 23.6 Å². The SMILES string of the molecule is C=CC(=O)N(C)C(C#N)C1(SC)CC1. The molecule has 1 aliphatic carbocycles. The number of likely N-dealkylation sites (N-methyl/N-ethyl adjacent to an activating group) is 1. The fourth-order valence-electron chi connectivity index (χ4n) is 1.54. The Kier molecular flexibility index (Phi) is 3.22. The molecule has 1 amide bonds. The average Bonchev–Trinajstić information content (AvgIpc) is 2.98. The summed E-state index contributed by atoms with van der Waals surface area (Å²) in [5.74, 6) is -0.183. The number of hydrogen-bond acceptors (Lipinski definition) is 3. The molecular formula is C10H14N2OS. The van der Waals surface area contributed by atoms with Gasteiger partial charge in [0.1, 0.15) is 6.04 Å². The highest BCUT2D eigenvalue weighted by Gasteiger charge is 2.51. The lowest BCUT2D eigenvalue weighted by Gasteiger charge is -2.27. The van der Waals surface area contributed by atoms with E-state index in [9.17, 15) is 4.79 Å². The zero-order chi connectivity index (χ0) is 10.8. The highest BCUT2D eigenvalue weighted by molar-refractivity contribution is 8.00.